The van der Waals surface area contributed by atoms with E-state index in [4.69, 9.17) is 5.11 Å². The molecule has 4 heteroatoms. The Hall–Kier alpha value is -1.81. The topological polar surface area (TPSA) is 37.3 Å². The Kier molecular flexibility index (Phi) is 4.79. The smallest absolute Gasteiger partial charge is 0.307 e. The van der Waals surface area contributed by atoms with E-state index in [2.05, 4.69) is 6.92 Å². The first kappa shape index (κ1) is 14.6. The highest BCUT2D eigenvalue weighted by Crippen LogP contribution is 2.30. The molecule has 0 aliphatic carbocycles. The molecule has 1 N–H and O–H groups in total. The predicted octanol–water partition coefficient (Wildman–Crippen LogP) is 4.17. The fourth-order valence-electron chi connectivity index (χ4n) is 1.83. The first-order chi connectivity index (χ1) is 9.58. The molecule has 104 valence electrons. The largest absolute Gasteiger partial charge is 0.481 e. The van der Waals surface area contributed by atoms with Gasteiger partial charge in [-0.25, -0.2) is 4.39 Å². The van der Waals surface area contributed by atoms with Crippen LogP contribution >= 0.6 is 11.8 Å². The summed E-state index contributed by atoms with van der Waals surface area (Å²) in [5, 5.41) is 8.68. The Balaban J connectivity index is 2.14. The van der Waals surface area contributed by atoms with Crippen LogP contribution < -0.4 is 0 Å². The maximum absolute atomic E-state index is 13.9. The second kappa shape index (κ2) is 6.57. The third kappa shape index (κ3) is 3.84. The van der Waals surface area contributed by atoms with E-state index in [1.165, 1.54) is 23.4 Å². The van der Waals surface area contributed by atoms with Crippen molar-refractivity contribution < 1.29 is 14.3 Å². The number of carbonyl (C=O) groups is 1. The molecule has 0 spiro atoms. The highest BCUT2D eigenvalue weighted by atomic mass is 32.2. The first-order valence-corrected chi connectivity index (χ1v) is 7.17. The average Bonchev–Trinajstić information content (AvgIpc) is 2.42. The van der Waals surface area contributed by atoms with Gasteiger partial charge in [-0.05, 0) is 41.8 Å². The van der Waals surface area contributed by atoms with E-state index in [0.717, 1.165) is 11.3 Å². The van der Waals surface area contributed by atoms with Crippen molar-refractivity contribution in [2.75, 3.05) is 0 Å². The number of benzene rings is 2. The van der Waals surface area contributed by atoms with Gasteiger partial charge < -0.3 is 5.11 Å². The van der Waals surface area contributed by atoms with Crippen LogP contribution in [0.15, 0.2) is 52.3 Å². The van der Waals surface area contributed by atoms with Crippen LogP contribution in [0.1, 0.15) is 18.1 Å². The third-order valence-corrected chi connectivity index (χ3v) is 3.97. The minimum absolute atomic E-state index is 0.160. The molecule has 0 radical (unpaired) electrons. The van der Waals surface area contributed by atoms with E-state index < -0.39 is 5.97 Å². The van der Waals surface area contributed by atoms with Crippen molar-refractivity contribution in [1.82, 2.24) is 0 Å². The minimum atomic E-state index is -0.958. The molecule has 0 unspecified atom stereocenters. The Bertz CT molecular complexity index is 608. The molecule has 0 saturated heterocycles. The van der Waals surface area contributed by atoms with E-state index in [1.807, 2.05) is 24.3 Å². The predicted molar refractivity (Wildman–Crippen MR) is 77.7 cm³/mol. The van der Waals surface area contributed by atoms with Gasteiger partial charge >= 0.3 is 5.97 Å². The summed E-state index contributed by atoms with van der Waals surface area (Å²) < 4.78 is 13.9. The molecule has 0 bridgehead atoms. The lowest BCUT2D eigenvalue weighted by Crippen LogP contribution is -2.00. The number of carboxylic acid groups (broad SMARTS) is 1. The van der Waals surface area contributed by atoms with Crippen LogP contribution in [0.25, 0.3) is 0 Å². The quantitative estimate of drug-likeness (QED) is 0.898. The van der Waals surface area contributed by atoms with Gasteiger partial charge in [0.15, 0.2) is 0 Å². The van der Waals surface area contributed by atoms with Crippen molar-refractivity contribution in [3.8, 4) is 0 Å². The van der Waals surface area contributed by atoms with Gasteiger partial charge in [0, 0.05) is 9.79 Å². The summed E-state index contributed by atoms with van der Waals surface area (Å²) in [5.74, 6) is -1.34. The summed E-state index contributed by atoms with van der Waals surface area (Å²) >= 11 is 1.34. The number of aliphatic carboxylic acids is 1. The van der Waals surface area contributed by atoms with E-state index in [1.54, 1.807) is 12.1 Å². The van der Waals surface area contributed by atoms with E-state index >= 15 is 0 Å². The van der Waals surface area contributed by atoms with Crippen LogP contribution in [0.5, 0.6) is 0 Å². The van der Waals surface area contributed by atoms with Gasteiger partial charge in [0.25, 0.3) is 0 Å². The zero-order valence-electron chi connectivity index (χ0n) is 11.1. The van der Waals surface area contributed by atoms with Crippen LogP contribution in [-0.2, 0) is 17.6 Å². The summed E-state index contributed by atoms with van der Waals surface area (Å²) in [6, 6.07) is 12.6. The molecule has 0 saturated carbocycles. The zero-order valence-corrected chi connectivity index (χ0v) is 11.9. The molecular formula is C16H15FO2S. The van der Waals surface area contributed by atoms with Crippen molar-refractivity contribution in [2.24, 2.45) is 0 Å². The van der Waals surface area contributed by atoms with Crippen LogP contribution in [-0.4, -0.2) is 11.1 Å². The molecule has 0 aliphatic rings. The van der Waals surface area contributed by atoms with E-state index in [0.29, 0.717) is 10.5 Å². The molecule has 2 nitrogen and oxygen atoms in total. The van der Waals surface area contributed by atoms with Gasteiger partial charge in [-0.3, -0.25) is 4.79 Å². The van der Waals surface area contributed by atoms with E-state index in [-0.39, 0.29) is 12.2 Å². The SMILES string of the molecule is CCc1ccc(Sc2ccc(CC(=O)O)cc2F)cc1. The lowest BCUT2D eigenvalue weighted by molar-refractivity contribution is -0.136. The minimum Gasteiger partial charge on any atom is -0.481 e. The average molecular weight is 290 g/mol. The Morgan fingerprint density at radius 1 is 1.15 bits per heavy atom. The van der Waals surface area contributed by atoms with Crippen LogP contribution in [0.2, 0.25) is 0 Å². The number of carboxylic acids is 1. The molecule has 2 aromatic rings. The maximum atomic E-state index is 13.9. The fourth-order valence-corrected chi connectivity index (χ4v) is 2.65. The third-order valence-electron chi connectivity index (χ3n) is 2.91. The monoisotopic (exact) mass is 290 g/mol. The summed E-state index contributed by atoms with van der Waals surface area (Å²) in [4.78, 5) is 12.1. The second-order valence-electron chi connectivity index (χ2n) is 4.43. The highest BCUT2D eigenvalue weighted by molar-refractivity contribution is 7.99. The molecule has 20 heavy (non-hydrogen) atoms. The van der Waals surface area contributed by atoms with Crippen molar-refractivity contribution in [3.63, 3.8) is 0 Å². The van der Waals surface area contributed by atoms with Crippen molar-refractivity contribution >= 4 is 17.7 Å². The molecule has 2 rings (SSSR count). The Labute approximate surface area is 121 Å². The number of rotatable bonds is 5. The molecule has 0 amide bonds. The number of halogens is 1. The van der Waals surface area contributed by atoms with Gasteiger partial charge in [-0.1, -0.05) is 36.9 Å². The first-order valence-electron chi connectivity index (χ1n) is 6.35. The lowest BCUT2D eigenvalue weighted by atomic mass is 10.1. The summed E-state index contributed by atoms with van der Waals surface area (Å²) in [7, 11) is 0. The van der Waals surface area contributed by atoms with Crippen LogP contribution in [0, 0.1) is 5.82 Å². The van der Waals surface area contributed by atoms with E-state index in [9.17, 15) is 9.18 Å². The van der Waals surface area contributed by atoms with Crippen molar-refractivity contribution in [3.05, 3.63) is 59.4 Å². The maximum Gasteiger partial charge on any atom is 0.307 e. The molecule has 0 aromatic heterocycles. The van der Waals surface area contributed by atoms with Gasteiger partial charge in [0.05, 0.1) is 6.42 Å². The van der Waals surface area contributed by atoms with Crippen LogP contribution in [0.3, 0.4) is 0 Å². The van der Waals surface area contributed by atoms with Crippen molar-refractivity contribution in [2.45, 2.75) is 29.6 Å². The zero-order chi connectivity index (χ0) is 14.5. The summed E-state index contributed by atoms with van der Waals surface area (Å²) in [6.07, 6.45) is 0.816. The highest BCUT2D eigenvalue weighted by Gasteiger charge is 2.08. The molecule has 2 aromatic carbocycles. The number of hydrogen-bond donors (Lipinski definition) is 1. The van der Waals surface area contributed by atoms with Gasteiger partial charge in [-0.2, -0.15) is 0 Å². The fraction of sp³-hybridized carbons (Fsp3) is 0.188. The number of hydrogen-bond acceptors (Lipinski definition) is 2. The molecule has 0 fully saturated rings. The normalized spacial score (nSPS) is 10.5. The summed E-state index contributed by atoms with van der Waals surface area (Å²) in [5.41, 5.74) is 1.72. The van der Waals surface area contributed by atoms with Gasteiger partial charge in [0.2, 0.25) is 0 Å². The standard InChI is InChI=1S/C16H15FO2S/c1-2-11-3-6-13(7-4-11)20-15-8-5-12(9-14(15)17)10-16(18)19/h3-9H,2,10H2,1H3,(H,18,19). The summed E-state index contributed by atoms with van der Waals surface area (Å²) in [6.45, 7) is 2.09. The lowest BCUT2D eigenvalue weighted by Gasteiger charge is -2.06. The number of aryl methyl sites for hydroxylation is 1. The Morgan fingerprint density at radius 2 is 1.80 bits per heavy atom. The van der Waals surface area contributed by atoms with Crippen LogP contribution in [0.4, 0.5) is 4.39 Å². The molecule has 0 aliphatic heterocycles. The molecule has 0 atom stereocenters. The Morgan fingerprint density at radius 3 is 2.35 bits per heavy atom. The second-order valence-corrected chi connectivity index (χ2v) is 5.55. The van der Waals surface area contributed by atoms with Crippen molar-refractivity contribution in [1.29, 1.82) is 0 Å². The molecule has 0 heterocycles. The van der Waals surface area contributed by atoms with Gasteiger partial charge in [-0.15, -0.1) is 0 Å². The van der Waals surface area contributed by atoms with Gasteiger partial charge in [0.1, 0.15) is 5.82 Å². The molecular weight excluding hydrogens is 275 g/mol.